The molecule has 0 bridgehead atoms. The Bertz CT molecular complexity index is 481. The predicted molar refractivity (Wildman–Crippen MR) is 81.4 cm³/mol. The van der Waals surface area contributed by atoms with Gasteiger partial charge in [0.05, 0.1) is 12.0 Å². The molecule has 1 saturated carbocycles. The Balaban J connectivity index is 1.96. The van der Waals surface area contributed by atoms with Gasteiger partial charge in [-0.15, -0.1) is 0 Å². The van der Waals surface area contributed by atoms with Gasteiger partial charge in [0.1, 0.15) is 0 Å². The molecule has 0 heterocycles. The number of nitrogens with zero attached hydrogens (tertiary/aromatic N) is 1. The summed E-state index contributed by atoms with van der Waals surface area (Å²) in [6.07, 6.45) is 5.77. The number of nitro groups is 1. The molecular formula is C14H20N2O3S. The molecule has 0 saturated heterocycles. The Kier molecular flexibility index (Phi) is 5.25. The number of nitrogens with one attached hydrogen (secondary N) is 1. The lowest BCUT2D eigenvalue weighted by molar-refractivity contribution is -0.385. The monoisotopic (exact) mass is 296 g/mol. The van der Waals surface area contributed by atoms with Gasteiger partial charge in [0.2, 0.25) is 0 Å². The molecule has 1 N–H and O–H groups in total. The van der Waals surface area contributed by atoms with Crippen molar-refractivity contribution in [1.29, 1.82) is 0 Å². The summed E-state index contributed by atoms with van der Waals surface area (Å²) in [7, 11) is 1.45. The molecular weight excluding hydrogens is 276 g/mol. The van der Waals surface area contributed by atoms with E-state index in [1.165, 1.54) is 26.4 Å². The first-order valence-electron chi connectivity index (χ1n) is 6.71. The minimum absolute atomic E-state index is 0.0280. The molecule has 0 aliphatic heterocycles. The summed E-state index contributed by atoms with van der Waals surface area (Å²) in [4.78, 5) is 10.6. The van der Waals surface area contributed by atoms with Gasteiger partial charge in [0.15, 0.2) is 5.75 Å². The zero-order valence-electron chi connectivity index (χ0n) is 11.8. The molecule has 0 spiro atoms. The third-order valence-electron chi connectivity index (χ3n) is 3.75. The van der Waals surface area contributed by atoms with Crippen LogP contribution in [-0.2, 0) is 6.54 Å². The van der Waals surface area contributed by atoms with E-state index in [4.69, 9.17) is 4.74 Å². The summed E-state index contributed by atoms with van der Waals surface area (Å²) in [5.74, 6) is 0.307. The van der Waals surface area contributed by atoms with Gasteiger partial charge < -0.3 is 10.1 Å². The van der Waals surface area contributed by atoms with Gasteiger partial charge >= 0.3 is 5.69 Å². The summed E-state index contributed by atoms with van der Waals surface area (Å²) in [6.45, 7) is 0.663. The Labute approximate surface area is 123 Å². The highest BCUT2D eigenvalue weighted by Gasteiger charge is 2.23. The number of thioether (sulfide) groups is 1. The van der Waals surface area contributed by atoms with E-state index in [-0.39, 0.29) is 5.69 Å². The molecule has 1 aromatic rings. The van der Waals surface area contributed by atoms with E-state index in [0.717, 1.165) is 10.8 Å². The summed E-state index contributed by atoms with van der Waals surface area (Å²) < 4.78 is 5.00. The Morgan fingerprint density at radius 1 is 1.50 bits per heavy atom. The summed E-state index contributed by atoms with van der Waals surface area (Å²) in [5, 5.41) is 15.2. The SMILES string of the molecule is COc1ccc(CNC2CCC(SC)C2)cc1[N+](=O)[O-]. The molecule has 1 aliphatic rings. The van der Waals surface area contributed by atoms with Crippen molar-refractivity contribution >= 4 is 17.4 Å². The summed E-state index contributed by atoms with van der Waals surface area (Å²) in [6, 6.07) is 5.65. The van der Waals surface area contributed by atoms with Crippen molar-refractivity contribution in [2.24, 2.45) is 0 Å². The van der Waals surface area contributed by atoms with Crippen LogP contribution in [-0.4, -0.2) is 29.6 Å². The van der Waals surface area contributed by atoms with Gasteiger partial charge in [-0.25, -0.2) is 0 Å². The first kappa shape index (κ1) is 15.1. The average Bonchev–Trinajstić information content (AvgIpc) is 2.92. The molecule has 0 aromatic heterocycles. The lowest BCUT2D eigenvalue weighted by Crippen LogP contribution is -2.26. The number of benzene rings is 1. The van der Waals surface area contributed by atoms with Gasteiger partial charge in [0, 0.05) is 23.9 Å². The topological polar surface area (TPSA) is 64.4 Å². The van der Waals surface area contributed by atoms with E-state index in [0.29, 0.717) is 18.3 Å². The van der Waals surface area contributed by atoms with Crippen molar-refractivity contribution in [2.75, 3.05) is 13.4 Å². The summed E-state index contributed by atoms with van der Waals surface area (Å²) >= 11 is 1.92. The Hall–Kier alpha value is -1.27. The fraction of sp³-hybridized carbons (Fsp3) is 0.571. The lowest BCUT2D eigenvalue weighted by atomic mass is 10.1. The van der Waals surface area contributed by atoms with Crippen LogP contribution in [0.3, 0.4) is 0 Å². The Morgan fingerprint density at radius 2 is 2.30 bits per heavy atom. The highest BCUT2D eigenvalue weighted by Crippen LogP contribution is 2.29. The van der Waals surface area contributed by atoms with E-state index < -0.39 is 4.92 Å². The molecule has 2 unspecified atom stereocenters. The van der Waals surface area contributed by atoms with Crippen LogP contribution < -0.4 is 10.1 Å². The molecule has 110 valence electrons. The van der Waals surface area contributed by atoms with E-state index in [1.807, 2.05) is 17.8 Å². The number of nitro benzene ring substituents is 1. The molecule has 1 aliphatic carbocycles. The van der Waals surface area contributed by atoms with Crippen molar-refractivity contribution in [3.05, 3.63) is 33.9 Å². The van der Waals surface area contributed by atoms with Crippen molar-refractivity contribution in [1.82, 2.24) is 5.32 Å². The fourth-order valence-electron chi connectivity index (χ4n) is 2.59. The third kappa shape index (κ3) is 3.64. The first-order valence-corrected chi connectivity index (χ1v) is 8.00. The minimum Gasteiger partial charge on any atom is -0.490 e. The van der Waals surface area contributed by atoms with Crippen LogP contribution in [0.15, 0.2) is 18.2 Å². The predicted octanol–water partition coefficient (Wildman–Crippen LogP) is 2.98. The standard InChI is InChI=1S/C14H20N2O3S/c1-19-14-6-3-10(7-13(14)16(17)18)9-15-11-4-5-12(8-11)20-2/h3,6-7,11-12,15H,4-5,8-9H2,1-2H3. The molecule has 2 rings (SSSR count). The van der Waals surface area contributed by atoms with Crippen LogP contribution in [0.2, 0.25) is 0 Å². The first-order chi connectivity index (χ1) is 9.63. The maximum atomic E-state index is 11.0. The van der Waals surface area contributed by atoms with Crippen molar-refractivity contribution in [3.63, 3.8) is 0 Å². The molecule has 1 fully saturated rings. The molecule has 6 heteroatoms. The smallest absolute Gasteiger partial charge is 0.311 e. The normalized spacial score (nSPS) is 21.9. The lowest BCUT2D eigenvalue weighted by Gasteiger charge is -2.13. The van der Waals surface area contributed by atoms with Crippen molar-refractivity contribution < 1.29 is 9.66 Å². The number of hydrogen-bond donors (Lipinski definition) is 1. The largest absolute Gasteiger partial charge is 0.490 e. The second kappa shape index (κ2) is 6.95. The van der Waals surface area contributed by atoms with E-state index in [9.17, 15) is 10.1 Å². The van der Waals surface area contributed by atoms with Gasteiger partial charge in [-0.3, -0.25) is 10.1 Å². The molecule has 1 aromatic carbocycles. The zero-order valence-corrected chi connectivity index (χ0v) is 12.6. The van der Waals surface area contributed by atoms with Crippen LogP contribution in [0.4, 0.5) is 5.69 Å². The third-order valence-corrected chi connectivity index (χ3v) is 4.85. The van der Waals surface area contributed by atoms with Gasteiger partial charge in [-0.1, -0.05) is 6.07 Å². The zero-order chi connectivity index (χ0) is 14.5. The Morgan fingerprint density at radius 3 is 2.90 bits per heavy atom. The summed E-state index contributed by atoms with van der Waals surface area (Å²) in [5.41, 5.74) is 0.949. The highest BCUT2D eigenvalue weighted by molar-refractivity contribution is 7.99. The molecule has 20 heavy (non-hydrogen) atoms. The number of hydrogen-bond acceptors (Lipinski definition) is 5. The van der Waals surface area contributed by atoms with Crippen molar-refractivity contribution in [3.8, 4) is 5.75 Å². The number of rotatable bonds is 6. The van der Waals surface area contributed by atoms with Crippen LogP contribution in [0.1, 0.15) is 24.8 Å². The maximum absolute atomic E-state index is 11.0. The van der Waals surface area contributed by atoms with Crippen LogP contribution in [0, 0.1) is 10.1 Å². The number of ether oxygens (including phenoxy) is 1. The van der Waals surface area contributed by atoms with Gasteiger partial charge in [-0.2, -0.15) is 11.8 Å². The second-order valence-electron chi connectivity index (χ2n) is 5.01. The van der Waals surface area contributed by atoms with E-state index in [2.05, 4.69) is 11.6 Å². The van der Waals surface area contributed by atoms with E-state index in [1.54, 1.807) is 12.1 Å². The van der Waals surface area contributed by atoms with Crippen LogP contribution >= 0.6 is 11.8 Å². The van der Waals surface area contributed by atoms with Crippen LogP contribution in [0.25, 0.3) is 0 Å². The van der Waals surface area contributed by atoms with Gasteiger partial charge in [0.25, 0.3) is 0 Å². The average molecular weight is 296 g/mol. The molecule has 0 radical (unpaired) electrons. The number of methoxy groups -OCH3 is 1. The molecule has 2 atom stereocenters. The van der Waals surface area contributed by atoms with Gasteiger partial charge in [-0.05, 0) is 37.1 Å². The molecule has 0 amide bonds. The molecule has 5 nitrogen and oxygen atoms in total. The maximum Gasteiger partial charge on any atom is 0.311 e. The quantitative estimate of drug-likeness (QED) is 0.646. The minimum atomic E-state index is -0.401. The van der Waals surface area contributed by atoms with E-state index >= 15 is 0 Å². The highest BCUT2D eigenvalue weighted by atomic mass is 32.2. The fourth-order valence-corrected chi connectivity index (χ4v) is 3.39. The second-order valence-corrected chi connectivity index (χ2v) is 6.15. The van der Waals surface area contributed by atoms with Crippen molar-refractivity contribution in [2.45, 2.75) is 37.1 Å². The van der Waals surface area contributed by atoms with Crippen LogP contribution in [0.5, 0.6) is 5.75 Å².